The molecule has 0 spiro atoms. The molecule has 8 aromatic rings. The van der Waals surface area contributed by atoms with Gasteiger partial charge in [0.05, 0.1) is 0 Å². The number of fused-ring (bicyclic) bond motifs is 4. The first kappa shape index (κ1) is 32.5. The maximum absolute atomic E-state index is 15.1. The zero-order valence-corrected chi connectivity index (χ0v) is 30.0. The molecular weight excluding hydrogens is 815 g/mol. The predicted octanol–water partition coefficient (Wildman–Crippen LogP) is 11.4. The summed E-state index contributed by atoms with van der Waals surface area (Å²) in [6.07, 6.45) is 1.83. The number of aryl methyl sites for hydroxylation is 2. The summed E-state index contributed by atoms with van der Waals surface area (Å²) in [7, 11) is 0. The van der Waals surface area contributed by atoms with Crippen molar-refractivity contribution >= 4 is 44.6 Å². The fourth-order valence-corrected chi connectivity index (χ4v) is 6.70. The minimum atomic E-state index is -0.300. The second-order valence-corrected chi connectivity index (χ2v) is 12.5. The Morgan fingerprint density at radius 3 is 2.14 bits per heavy atom. The predicted molar refractivity (Wildman–Crippen MR) is 199 cm³/mol. The minimum Gasteiger partial charge on any atom is -0.509 e. The van der Waals surface area contributed by atoms with E-state index in [1.54, 1.807) is 12.1 Å². The summed E-state index contributed by atoms with van der Waals surface area (Å²) in [5.74, 6) is 1.60. The van der Waals surface area contributed by atoms with Crippen LogP contribution in [0.2, 0.25) is 0 Å². The Morgan fingerprint density at radius 2 is 1.35 bits per heavy atom. The molecule has 0 amide bonds. The average Bonchev–Trinajstić information content (AvgIpc) is 3.68. The smallest absolute Gasteiger partial charge is 0.144 e. The first-order valence-corrected chi connectivity index (χ1v) is 16.5. The maximum atomic E-state index is 15.1. The number of benzene rings is 6. The van der Waals surface area contributed by atoms with Crippen molar-refractivity contribution in [2.24, 2.45) is 0 Å². The number of aromatic nitrogens is 2. The Bertz CT molecular complexity index is 2560. The van der Waals surface area contributed by atoms with Crippen molar-refractivity contribution in [2.45, 2.75) is 13.8 Å². The molecule has 9 rings (SSSR count). The molecule has 6 aromatic carbocycles. The van der Waals surface area contributed by atoms with E-state index in [-0.39, 0.29) is 26.9 Å². The van der Waals surface area contributed by atoms with Crippen LogP contribution in [0.25, 0.3) is 38.8 Å². The first-order chi connectivity index (χ1) is 24.5. The van der Waals surface area contributed by atoms with E-state index < -0.39 is 0 Å². The number of hydrogen-bond acceptors (Lipinski definition) is 4. The van der Waals surface area contributed by atoms with Crippen LogP contribution in [-0.2, 0) is 21.1 Å². The van der Waals surface area contributed by atoms with Gasteiger partial charge in [-0.15, -0.1) is 53.6 Å². The van der Waals surface area contributed by atoms with E-state index in [2.05, 4.69) is 85.1 Å². The maximum Gasteiger partial charge on any atom is 0.144 e. The fourth-order valence-electron chi connectivity index (χ4n) is 6.70. The van der Waals surface area contributed by atoms with Crippen LogP contribution in [0, 0.1) is 38.5 Å². The summed E-state index contributed by atoms with van der Waals surface area (Å²) in [4.78, 5) is 8.62. The average molecular weight is 845 g/mol. The Labute approximate surface area is 310 Å². The molecule has 0 aliphatic carbocycles. The van der Waals surface area contributed by atoms with Crippen LogP contribution in [0.3, 0.4) is 0 Å². The zero-order chi connectivity index (χ0) is 33.8. The summed E-state index contributed by atoms with van der Waals surface area (Å²) in [6.45, 7) is 6.05. The van der Waals surface area contributed by atoms with Gasteiger partial charge in [0.15, 0.2) is 0 Å². The second-order valence-electron chi connectivity index (χ2n) is 12.5. The number of para-hydroxylation sites is 4. The number of rotatable bonds is 6. The van der Waals surface area contributed by atoms with Gasteiger partial charge in [-0.25, -0.2) is 9.37 Å². The largest absolute Gasteiger partial charge is 0.509 e. The monoisotopic (exact) mass is 844 g/mol. The first-order valence-electron chi connectivity index (χ1n) is 16.5. The molecule has 2 aromatic heterocycles. The van der Waals surface area contributed by atoms with Gasteiger partial charge < -0.3 is 19.1 Å². The van der Waals surface area contributed by atoms with Crippen LogP contribution in [0.5, 0.6) is 11.5 Å². The minimum absolute atomic E-state index is 0. The van der Waals surface area contributed by atoms with Crippen LogP contribution < -0.4 is 14.5 Å². The molecule has 0 saturated heterocycles. The van der Waals surface area contributed by atoms with Gasteiger partial charge in [0.2, 0.25) is 0 Å². The molecule has 0 fully saturated rings. The number of anilines is 4. The quantitative estimate of drug-likeness (QED) is 0.156. The van der Waals surface area contributed by atoms with Gasteiger partial charge in [0, 0.05) is 61.3 Å². The summed E-state index contributed by atoms with van der Waals surface area (Å²) >= 11 is 0. The van der Waals surface area contributed by atoms with Crippen LogP contribution in [-0.4, -0.2) is 9.55 Å². The molecule has 0 unspecified atom stereocenters. The van der Waals surface area contributed by atoms with Gasteiger partial charge in [-0.1, -0.05) is 77.8 Å². The van der Waals surface area contributed by atoms with E-state index in [0.29, 0.717) is 17.2 Å². The van der Waals surface area contributed by atoms with Crippen molar-refractivity contribution in [3.63, 3.8) is 0 Å². The van der Waals surface area contributed by atoms with E-state index in [0.717, 1.165) is 61.4 Å². The van der Waals surface area contributed by atoms with Gasteiger partial charge in [-0.05, 0) is 72.8 Å². The number of ether oxygens (including phenoxy) is 1. The summed E-state index contributed by atoms with van der Waals surface area (Å²) in [5, 5.41) is 2.18. The molecule has 0 bridgehead atoms. The van der Waals surface area contributed by atoms with Crippen LogP contribution in [0.4, 0.5) is 27.1 Å². The van der Waals surface area contributed by atoms with Crippen molar-refractivity contribution in [1.82, 2.24) is 9.55 Å². The molecule has 3 heterocycles. The SMILES string of the molecule is Cc1ccc(-c2cc(Oc3[c-]c4c(cc3)c3ccccc3n4-c3cc(C)ccn3)[c-]c(N3[CH-]N(c4ccccc4F)c4ccccc43)c2)cc1.[Pt]. The third-order valence-corrected chi connectivity index (χ3v) is 9.13. The molecule has 252 valence electrons. The summed E-state index contributed by atoms with van der Waals surface area (Å²) in [5.41, 5.74) is 9.22. The molecule has 51 heavy (non-hydrogen) atoms. The summed E-state index contributed by atoms with van der Waals surface area (Å²) < 4.78 is 23.9. The molecule has 0 atom stereocenters. The molecule has 0 radical (unpaired) electrons. The van der Waals surface area contributed by atoms with Gasteiger partial charge in [-0.3, -0.25) is 0 Å². The molecule has 0 N–H and O–H groups in total. The Kier molecular flexibility index (Phi) is 8.41. The van der Waals surface area contributed by atoms with Crippen molar-refractivity contribution < 1.29 is 30.2 Å². The van der Waals surface area contributed by atoms with E-state index >= 15 is 4.39 Å². The number of pyridine rings is 1. The van der Waals surface area contributed by atoms with Crippen LogP contribution in [0.15, 0.2) is 140 Å². The molecule has 5 nitrogen and oxygen atoms in total. The molecule has 0 saturated carbocycles. The Balaban J connectivity index is 0.00000374. The zero-order valence-electron chi connectivity index (χ0n) is 27.7. The fraction of sp³-hybridized carbons (Fsp3) is 0.0455. The van der Waals surface area contributed by atoms with E-state index in [4.69, 9.17) is 9.72 Å². The Morgan fingerprint density at radius 1 is 0.627 bits per heavy atom. The van der Waals surface area contributed by atoms with Crippen LogP contribution >= 0.6 is 0 Å². The van der Waals surface area contributed by atoms with Gasteiger partial charge >= 0.3 is 0 Å². The standard InChI is InChI=1S/C44H30FN4O.Pt/c1-29-15-17-31(18-16-29)32-24-33(47-28-48(40-12-6-4-10-38(40)45)42-14-8-7-13-41(42)47)26-35(25-32)50-34-19-20-37-36-9-3-5-11-39(36)49(43(37)27-34)44-23-30(2)21-22-46-44;/h3-25,28H,1-2H3;/q-3;. The van der Waals surface area contributed by atoms with Gasteiger partial charge in [0.25, 0.3) is 0 Å². The molecule has 7 heteroatoms. The number of hydrogen-bond donors (Lipinski definition) is 0. The second kappa shape index (κ2) is 13.2. The van der Waals surface area contributed by atoms with E-state index in [1.807, 2.05) is 83.3 Å². The number of nitrogens with zero attached hydrogens (tertiary/aromatic N) is 4. The van der Waals surface area contributed by atoms with Gasteiger partial charge in [0.1, 0.15) is 11.6 Å². The molecular formula is C44H30FN4OPt-3. The third kappa shape index (κ3) is 5.86. The van der Waals surface area contributed by atoms with Gasteiger partial charge in [-0.2, -0.15) is 6.07 Å². The van der Waals surface area contributed by atoms with Crippen molar-refractivity contribution in [2.75, 3.05) is 9.80 Å². The normalized spacial score (nSPS) is 12.3. The molecule has 1 aliphatic heterocycles. The Hall–Kier alpha value is -5.71. The van der Waals surface area contributed by atoms with E-state index in [1.165, 1.54) is 11.6 Å². The van der Waals surface area contributed by atoms with Crippen molar-refractivity contribution in [1.29, 1.82) is 0 Å². The topological polar surface area (TPSA) is 33.5 Å². The number of halogens is 1. The van der Waals surface area contributed by atoms with Crippen molar-refractivity contribution in [3.8, 4) is 28.4 Å². The van der Waals surface area contributed by atoms with Crippen molar-refractivity contribution in [3.05, 3.63) is 175 Å². The summed E-state index contributed by atoms with van der Waals surface area (Å²) in [6, 6.07) is 50.8. The van der Waals surface area contributed by atoms with Crippen LogP contribution in [0.1, 0.15) is 11.1 Å². The van der Waals surface area contributed by atoms with E-state index in [9.17, 15) is 0 Å². The third-order valence-electron chi connectivity index (χ3n) is 9.13. The molecule has 1 aliphatic rings.